The molecule has 0 amide bonds. The molecule has 17 heavy (non-hydrogen) atoms. The Hall–Kier alpha value is -0.613. The van der Waals surface area contributed by atoms with Crippen LogP contribution in [0, 0.1) is 0 Å². The van der Waals surface area contributed by atoms with Crippen molar-refractivity contribution in [3.63, 3.8) is 0 Å². The maximum atomic E-state index is 10.8. The van der Waals surface area contributed by atoms with Crippen LogP contribution in [-0.2, 0) is 14.0 Å². The third-order valence-corrected chi connectivity index (χ3v) is 8.12. The lowest BCUT2D eigenvalue weighted by molar-refractivity contribution is -0.137. The average molecular weight is 258 g/mol. The number of esters is 1. The van der Waals surface area contributed by atoms with Crippen molar-refractivity contribution in [1.29, 1.82) is 0 Å². The van der Waals surface area contributed by atoms with Gasteiger partial charge in [0.25, 0.3) is 0 Å². The fraction of sp³-hybridized carbons (Fsp3) is 0.769. The Kier molecular flexibility index (Phi) is 9.08. The van der Waals surface area contributed by atoms with E-state index < -0.39 is 8.32 Å². The molecule has 0 spiro atoms. The second kappa shape index (κ2) is 9.42. The van der Waals surface area contributed by atoms with E-state index in [1.165, 1.54) is 30.6 Å². The SMILES string of the molecule is C=CC(=O)OCCCCC[Si](CC)(CC)OC. The molecule has 3 nitrogen and oxygen atoms in total. The van der Waals surface area contributed by atoms with E-state index in [1.807, 2.05) is 7.11 Å². The molecule has 4 heteroatoms. The topological polar surface area (TPSA) is 35.5 Å². The van der Waals surface area contributed by atoms with Crippen LogP contribution in [0.4, 0.5) is 0 Å². The second-order valence-electron chi connectivity index (χ2n) is 4.28. The molecular formula is C13H26O3Si. The van der Waals surface area contributed by atoms with E-state index in [4.69, 9.17) is 9.16 Å². The van der Waals surface area contributed by atoms with Gasteiger partial charge in [-0.25, -0.2) is 4.79 Å². The first-order valence-corrected chi connectivity index (χ1v) is 9.01. The Bertz CT molecular complexity index is 216. The van der Waals surface area contributed by atoms with E-state index in [0.29, 0.717) is 6.61 Å². The van der Waals surface area contributed by atoms with E-state index in [2.05, 4.69) is 20.4 Å². The van der Waals surface area contributed by atoms with E-state index in [1.54, 1.807) is 0 Å². The minimum atomic E-state index is -1.43. The molecule has 0 bridgehead atoms. The number of ether oxygens (including phenoxy) is 1. The van der Waals surface area contributed by atoms with Crippen LogP contribution in [0.15, 0.2) is 12.7 Å². The van der Waals surface area contributed by atoms with Gasteiger partial charge in [-0.15, -0.1) is 0 Å². The molecule has 0 saturated heterocycles. The summed E-state index contributed by atoms with van der Waals surface area (Å²) in [6.45, 7) is 8.31. The summed E-state index contributed by atoms with van der Waals surface area (Å²) < 4.78 is 10.7. The van der Waals surface area contributed by atoms with Gasteiger partial charge in [-0.05, 0) is 24.6 Å². The van der Waals surface area contributed by atoms with Crippen LogP contribution < -0.4 is 0 Å². The lowest BCUT2D eigenvalue weighted by Crippen LogP contribution is -2.34. The van der Waals surface area contributed by atoms with Crippen molar-refractivity contribution in [1.82, 2.24) is 0 Å². The maximum Gasteiger partial charge on any atom is 0.330 e. The van der Waals surface area contributed by atoms with E-state index in [-0.39, 0.29) is 5.97 Å². The summed E-state index contributed by atoms with van der Waals surface area (Å²) in [5.41, 5.74) is 0. The first-order valence-electron chi connectivity index (χ1n) is 6.48. The highest BCUT2D eigenvalue weighted by atomic mass is 28.4. The molecule has 100 valence electrons. The van der Waals surface area contributed by atoms with Gasteiger partial charge in [0.2, 0.25) is 0 Å². The van der Waals surface area contributed by atoms with Crippen LogP contribution in [0.2, 0.25) is 18.1 Å². The first kappa shape index (κ1) is 16.4. The zero-order chi connectivity index (χ0) is 13.1. The van der Waals surface area contributed by atoms with Crippen molar-refractivity contribution in [3.8, 4) is 0 Å². The molecule has 0 aliphatic rings. The van der Waals surface area contributed by atoms with E-state index in [0.717, 1.165) is 12.8 Å². The third-order valence-electron chi connectivity index (χ3n) is 3.41. The Morgan fingerprint density at radius 3 is 2.35 bits per heavy atom. The molecule has 0 aromatic heterocycles. The smallest absolute Gasteiger partial charge is 0.330 e. The van der Waals surface area contributed by atoms with Crippen LogP contribution in [0.3, 0.4) is 0 Å². The van der Waals surface area contributed by atoms with Crippen LogP contribution in [0.25, 0.3) is 0 Å². The van der Waals surface area contributed by atoms with Crippen molar-refractivity contribution in [2.24, 2.45) is 0 Å². The molecular weight excluding hydrogens is 232 g/mol. The van der Waals surface area contributed by atoms with Crippen LogP contribution in [0.1, 0.15) is 33.1 Å². The summed E-state index contributed by atoms with van der Waals surface area (Å²) in [6.07, 6.45) is 4.41. The molecule has 0 aromatic rings. The summed E-state index contributed by atoms with van der Waals surface area (Å²) in [5.74, 6) is -0.326. The molecule has 0 fully saturated rings. The highest BCUT2D eigenvalue weighted by Crippen LogP contribution is 2.23. The maximum absolute atomic E-state index is 10.8. The fourth-order valence-corrected chi connectivity index (χ4v) is 4.83. The Balaban J connectivity index is 3.62. The van der Waals surface area contributed by atoms with Gasteiger partial charge < -0.3 is 9.16 Å². The lowest BCUT2D eigenvalue weighted by Gasteiger charge is -2.27. The Morgan fingerprint density at radius 1 is 1.24 bits per heavy atom. The molecule has 0 rings (SSSR count). The minimum Gasteiger partial charge on any atom is -0.463 e. The molecule has 0 heterocycles. The largest absolute Gasteiger partial charge is 0.463 e. The summed E-state index contributed by atoms with van der Waals surface area (Å²) in [4.78, 5) is 10.8. The molecule has 0 saturated carbocycles. The normalized spacial score (nSPS) is 11.2. The Morgan fingerprint density at radius 2 is 1.88 bits per heavy atom. The summed E-state index contributed by atoms with van der Waals surface area (Å²) >= 11 is 0. The third kappa shape index (κ3) is 6.63. The minimum absolute atomic E-state index is 0.326. The van der Waals surface area contributed by atoms with Crippen LogP contribution >= 0.6 is 0 Å². The van der Waals surface area contributed by atoms with E-state index >= 15 is 0 Å². The number of carbonyl (C=O) groups is 1. The molecule has 0 radical (unpaired) electrons. The number of hydrogen-bond acceptors (Lipinski definition) is 3. The summed E-state index contributed by atoms with van der Waals surface area (Å²) in [5, 5.41) is 0. The van der Waals surface area contributed by atoms with Crippen molar-refractivity contribution in [2.75, 3.05) is 13.7 Å². The number of unbranched alkanes of at least 4 members (excludes halogenated alkanes) is 2. The number of carbonyl (C=O) groups excluding carboxylic acids is 1. The second-order valence-corrected chi connectivity index (χ2v) is 8.97. The predicted molar refractivity (Wildman–Crippen MR) is 73.5 cm³/mol. The average Bonchev–Trinajstić information content (AvgIpc) is 2.38. The van der Waals surface area contributed by atoms with Crippen molar-refractivity contribution in [2.45, 2.75) is 51.2 Å². The molecule has 0 aliphatic heterocycles. The predicted octanol–water partition coefficient (Wildman–Crippen LogP) is 3.52. The standard InChI is InChI=1S/C13H26O3Si/c1-5-13(14)16-11-9-8-10-12-17(6-2,7-3)15-4/h5H,1,6-12H2,2-4H3. The van der Waals surface area contributed by atoms with Gasteiger partial charge in [-0.2, -0.15) is 0 Å². The summed E-state index contributed by atoms with van der Waals surface area (Å²) in [7, 11) is 0.422. The highest BCUT2D eigenvalue weighted by Gasteiger charge is 2.28. The van der Waals surface area contributed by atoms with Gasteiger partial charge in [0.15, 0.2) is 8.32 Å². The van der Waals surface area contributed by atoms with Gasteiger partial charge in [-0.1, -0.05) is 33.3 Å². The van der Waals surface area contributed by atoms with Gasteiger partial charge in [0.05, 0.1) is 6.61 Å². The van der Waals surface area contributed by atoms with Crippen LogP contribution in [0.5, 0.6) is 0 Å². The van der Waals surface area contributed by atoms with Crippen LogP contribution in [-0.4, -0.2) is 28.0 Å². The molecule has 0 N–H and O–H groups in total. The first-order chi connectivity index (χ1) is 8.14. The summed E-state index contributed by atoms with van der Waals surface area (Å²) in [6, 6.07) is 3.59. The molecule has 0 aliphatic carbocycles. The zero-order valence-corrected chi connectivity index (χ0v) is 12.5. The van der Waals surface area contributed by atoms with Crippen molar-refractivity contribution in [3.05, 3.63) is 12.7 Å². The molecule has 0 aromatic carbocycles. The van der Waals surface area contributed by atoms with E-state index in [9.17, 15) is 4.79 Å². The molecule has 0 unspecified atom stereocenters. The van der Waals surface area contributed by atoms with Gasteiger partial charge >= 0.3 is 5.97 Å². The zero-order valence-electron chi connectivity index (χ0n) is 11.5. The highest BCUT2D eigenvalue weighted by molar-refractivity contribution is 6.73. The quantitative estimate of drug-likeness (QED) is 0.260. The molecule has 0 atom stereocenters. The van der Waals surface area contributed by atoms with Gasteiger partial charge in [-0.3, -0.25) is 0 Å². The lowest BCUT2D eigenvalue weighted by atomic mass is 10.3. The fourth-order valence-electron chi connectivity index (χ4n) is 1.95. The van der Waals surface area contributed by atoms with Crippen molar-refractivity contribution >= 4 is 14.3 Å². The number of hydrogen-bond donors (Lipinski definition) is 0. The van der Waals surface area contributed by atoms with Gasteiger partial charge in [0.1, 0.15) is 0 Å². The van der Waals surface area contributed by atoms with Crippen molar-refractivity contribution < 1.29 is 14.0 Å². The Labute approximate surface area is 106 Å². The number of rotatable bonds is 10. The van der Waals surface area contributed by atoms with Gasteiger partial charge in [0, 0.05) is 13.2 Å². The monoisotopic (exact) mass is 258 g/mol.